The van der Waals surface area contributed by atoms with E-state index < -0.39 is 10.0 Å². The summed E-state index contributed by atoms with van der Waals surface area (Å²) in [6.07, 6.45) is 0.611. The Labute approximate surface area is 149 Å². The van der Waals surface area contributed by atoms with E-state index in [-0.39, 0.29) is 18.1 Å². The zero-order valence-corrected chi connectivity index (χ0v) is 15.8. The molecular weight excluding hydrogens is 344 g/mol. The Balaban J connectivity index is 1.95. The van der Waals surface area contributed by atoms with Crippen LogP contribution in [0, 0.1) is 0 Å². The number of piperazine rings is 1. The SMILES string of the molecule is CCCS(=O)(=O)N1CCN(CC(=O)c2ccc(OC)c(OC)c2)CC1. The molecule has 1 aliphatic rings. The van der Waals surface area contributed by atoms with Crippen molar-refractivity contribution in [1.29, 1.82) is 0 Å². The fraction of sp³-hybridized carbons (Fsp3) is 0.588. The van der Waals surface area contributed by atoms with Crippen molar-refractivity contribution in [1.82, 2.24) is 9.21 Å². The summed E-state index contributed by atoms with van der Waals surface area (Å²) in [6.45, 7) is 4.10. The number of hydrogen-bond acceptors (Lipinski definition) is 6. The van der Waals surface area contributed by atoms with E-state index in [0.29, 0.717) is 49.7 Å². The number of ketones is 1. The third kappa shape index (κ3) is 4.93. The van der Waals surface area contributed by atoms with Crippen LogP contribution in [0.2, 0.25) is 0 Å². The Morgan fingerprint density at radius 1 is 1.08 bits per heavy atom. The van der Waals surface area contributed by atoms with Gasteiger partial charge in [0, 0.05) is 31.7 Å². The summed E-state index contributed by atoms with van der Waals surface area (Å²) in [5.41, 5.74) is 0.554. The fourth-order valence-electron chi connectivity index (χ4n) is 2.86. The maximum Gasteiger partial charge on any atom is 0.214 e. The fourth-order valence-corrected chi connectivity index (χ4v) is 4.35. The standard InChI is InChI=1S/C17H26N2O5S/c1-4-11-25(21,22)19-9-7-18(8-10-19)13-15(20)14-5-6-16(23-2)17(12-14)24-3/h5-6,12H,4,7-11,13H2,1-3H3. The minimum Gasteiger partial charge on any atom is -0.493 e. The predicted octanol–water partition coefficient (Wildman–Crippen LogP) is 1.24. The summed E-state index contributed by atoms with van der Waals surface area (Å²) in [6, 6.07) is 5.09. The highest BCUT2D eigenvalue weighted by Crippen LogP contribution is 2.27. The van der Waals surface area contributed by atoms with Crippen LogP contribution >= 0.6 is 0 Å². The van der Waals surface area contributed by atoms with Crippen molar-refractivity contribution in [3.05, 3.63) is 23.8 Å². The summed E-state index contributed by atoms with van der Waals surface area (Å²) in [7, 11) is -0.0860. The molecule has 1 aromatic carbocycles. The van der Waals surface area contributed by atoms with Gasteiger partial charge in [-0.05, 0) is 24.6 Å². The topological polar surface area (TPSA) is 76.2 Å². The Hall–Kier alpha value is -1.64. The third-order valence-electron chi connectivity index (χ3n) is 4.26. The number of carbonyl (C=O) groups is 1. The molecule has 1 aromatic rings. The van der Waals surface area contributed by atoms with Crippen molar-refractivity contribution in [2.45, 2.75) is 13.3 Å². The van der Waals surface area contributed by atoms with Crippen molar-refractivity contribution in [2.24, 2.45) is 0 Å². The van der Waals surface area contributed by atoms with Crippen LogP contribution in [0.4, 0.5) is 0 Å². The van der Waals surface area contributed by atoms with Crippen LogP contribution in [-0.4, -0.2) is 76.1 Å². The molecule has 0 radical (unpaired) electrons. The Morgan fingerprint density at radius 2 is 1.72 bits per heavy atom. The highest BCUT2D eigenvalue weighted by Gasteiger charge is 2.27. The van der Waals surface area contributed by atoms with Gasteiger partial charge in [-0.3, -0.25) is 9.69 Å². The number of carbonyl (C=O) groups excluding carboxylic acids is 1. The van der Waals surface area contributed by atoms with Gasteiger partial charge in [-0.2, -0.15) is 4.31 Å². The summed E-state index contributed by atoms with van der Waals surface area (Å²) >= 11 is 0. The van der Waals surface area contributed by atoms with Gasteiger partial charge >= 0.3 is 0 Å². The lowest BCUT2D eigenvalue weighted by Crippen LogP contribution is -2.50. The van der Waals surface area contributed by atoms with Crippen LogP contribution in [0.15, 0.2) is 18.2 Å². The van der Waals surface area contributed by atoms with Crippen molar-refractivity contribution in [3.8, 4) is 11.5 Å². The Morgan fingerprint density at radius 3 is 2.28 bits per heavy atom. The number of hydrogen-bond donors (Lipinski definition) is 0. The molecule has 25 heavy (non-hydrogen) atoms. The van der Waals surface area contributed by atoms with Gasteiger partial charge in [0.05, 0.1) is 26.5 Å². The van der Waals surface area contributed by atoms with E-state index in [4.69, 9.17) is 9.47 Å². The average Bonchev–Trinajstić information content (AvgIpc) is 2.61. The van der Waals surface area contributed by atoms with E-state index in [2.05, 4.69) is 0 Å². The van der Waals surface area contributed by atoms with Gasteiger partial charge in [0.15, 0.2) is 17.3 Å². The first kappa shape index (κ1) is 19.7. The molecule has 1 heterocycles. The highest BCUT2D eigenvalue weighted by atomic mass is 32.2. The largest absolute Gasteiger partial charge is 0.493 e. The first-order valence-corrected chi connectivity index (χ1v) is 9.97. The van der Waals surface area contributed by atoms with Crippen LogP contribution < -0.4 is 9.47 Å². The Kier molecular flexibility index (Phi) is 6.80. The van der Waals surface area contributed by atoms with Gasteiger partial charge < -0.3 is 9.47 Å². The molecule has 0 saturated carbocycles. The maximum absolute atomic E-state index is 12.5. The quantitative estimate of drug-likeness (QED) is 0.641. The van der Waals surface area contributed by atoms with Crippen LogP contribution in [0.5, 0.6) is 11.5 Å². The van der Waals surface area contributed by atoms with Crippen LogP contribution in [0.3, 0.4) is 0 Å². The second kappa shape index (κ2) is 8.64. The monoisotopic (exact) mass is 370 g/mol. The molecule has 7 nitrogen and oxygen atoms in total. The summed E-state index contributed by atoms with van der Waals surface area (Å²) in [4.78, 5) is 14.5. The maximum atomic E-state index is 12.5. The third-order valence-corrected chi connectivity index (χ3v) is 6.34. The molecule has 0 N–H and O–H groups in total. The zero-order chi connectivity index (χ0) is 18.4. The van der Waals surface area contributed by atoms with Gasteiger partial charge in [-0.1, -0.05) is 6.92 Å². The van der Waals surface area contributed by atoms with Gasteiger partial charge in [0.1, 0.15) is 0 Å². The number of Topliss-reactive ketones (excluding diaryl/α,β-unsaturated/α-hetero) is 1. The molecule has 140 valence electrons. The molecule has 8 heteroatoms. The molecule has 0 aliphatic carbocycles. The Bertz CT molecular complexity index is 697. The summed E-state index contributed by atoms with van der Waals surface area (Å²) in [5.74, 6) is 1.25. The number of nitrogens with zero attached hydrogens (tertiary/aromatic N) is 2. The first-order chi connectivity index (χ1) is 11.9. The number of benzene rings is 1. The highest BCUT2D eigenvalue weighted by molar-refractivity contribution is 7.89. The minimum absolute atomic E-state index is 0.0224. The van der Waals surface area contributed by atoms with E-state index >= 15 is 0 Å². The predicted molar refractivity (Wildman–Crippen MR) is 96.0 cm³/mol. The van der Waals surface area contributed by atoms with Crippen LogP contribution in [0.1, 0.15) is 23.7 Å². The normalized spacial score (nSPS) is 16.6. The van der Waals surface area contributed by atoms with E-state index in [1.165, 1.54) is 11.4 Å². The van der Waals surface area contributed by atoms with Crippen LogP contribution in [0.25, 0.3) is 0 Å². The molecule has 0 bridgehead atoms. The lowest BCUT2D eigenvalue weighted by atomic mass is 10.1. The molecule has 1 saturated heterocycles. The lowest BCUT2D eigenvalue weighted by Gasteiger charge is -2.33. The number of ether oxygens (including phenoxy) is 2. The molecule has 1 fully saturated rings. The van der Waals surface area contributed by atoms with E-state index in [0.717, 1.165) is 0 Å². The molecule has 0 spiro atoms. The van der Waals surface area contributed by atoms with Gasteiger partial charge in [0.2, 0.25) is 10.0 Å². The second-order valence-corrected chi connectivity index (χ2v) is 8.07. The molecule has 0 atom stereocenters. The van der Waals surface area contributed by atoms with Gasteiger partial charge in [0.25, 0.3) is 0 Å². The summed E-state index contributed by atoms with van der Waals surface area (Å²) in [5, 5.41) is 0. The van der Waals surface area contributed by atoms with E-state index in [1.54, 1.807) is 25.3 Å². The van der Waals surface area contributed by atoms with Gasteiger partial charge in [-0.15, -0.1) is 0 Å². The van der Waals surface area contributed by atoms with Crippen molar-refractivity contribution < 1.29 is 22.7 Å². The molecule has 2 rings (SSSR count). The molecule has 0 aromatic heterocycles. The smallest absolute Gasteiger partial charge is 0.214 e. The van der Waals surface area contributed by atoms with Gasteiger partial charge in [-0.25, -0.2) is 8.42 Å². The van der Waals surface area contributed by atoms with Crippen molar-refractivity contribution in [3.63, 3.8) is 0 Å². The molecule has 1 aliphatic heterocycles. The second-order valence-electron chi connectivity index (χ2n) is 5.98. The number of sulfonamides is 1. The van der Waals surface area contributed by atoms with E-state index in [1.807, 2.05) is 11.8 Å². The molecule has 0 unspecified atom stereocenters. The number of rotatable bonds is 8. The lowest BCUT2D eigenvalue weighted by molar-refractivity contribution is 0.0901. The van der Waals surface area contributed by atoms with Crippen molar-refractivity contribution >= 4 is 15.8 Å². The van der Waals surface area contributed by atoms with Crippen LogP contribution in [-0.2, 0) is 10.0 Å². The minimum atomic E-state index is -3.16. The first-order valence-electron chi connectivity index (χ1n) is 8.36. The number of methoxy groups -OCH3 is 2. The van der Waals surface area contributed by atoms with Crippen molar-refractivity contribution in [2.75, 3.05) is 52.7 Å². The summed E-state index contributed by atoms with van der Waals surface area (Å²) < 4.78 is 36.1. The average molecular weight is 370 g/mol. The van der Waals surface area contributed by atoms with E-state index in [9.17, 15) is 13.2 Å². The molecular formula is C17H26N2O5S. The molecule has 0 amide bonds. The zero-order valence-electron chi connectivity index (χ0n) is 15.0.